The second-order valence-corrected chi connectivity index (χ2v) is 6.74. The quantitative estimate of drug-likeness (QED) is 0.474. The third-order valence-electron chi connectivity index (χ3n) is 3.13. The van der Waals surface area contributed by atoms with Crippen molar-refractivity contribution in [1.82, 2.24) is 15.2 Å². The van der Waals surface area contributed by atoms with E-state index in [1.165, 1.54) is 11.8 Å². The molecule has 2 aromatic carbocycles. The highest BCUT2D eigenvalue weighted by Crippen LogP contribution is 2.17. The molecule has 122 valence electrons. The Kier molecular flexibility index (Phi) is 5.66. The first-order valence-electron chi connectivity index (χ1n) is 7.21. The van der Waals surface area contributed by atoms with Gasteiger partial charge in [0.05, 0.1) is 5.75 Å². The lowest BCUT2D eigenvalue weighted by molar-refractivity contribution is 0.102. The zero-order valence-electron chi connectivity index (χ0n) is 12.6. The van der Waals surface area contributed by atoms with E-state index in [2.05, 4.69) is 31.1 Å². The van der Waals surface area contributed by atoms with Gasteiger partial charge in [-0.1, -0.05) is 58.0 Å². The Morgan fingerprint density at radius 1 is 1.12 bits per heavy atom. The average molecular weight is 404 g/mol. The van der Waals surface area contributed by atoms with Gasteiger partial charge in [0, 0.05) is 10.0 Å². The number of ether oxygens (including phenoxy) is 1. The van der Waals surface area contributed by atoms with Gasteiger partial charge in [0.15, 0.2) is 11.6 Å². The number of aromatic nitrogens is 3. The van der Waals surface area contributed by atoms with Crippen LogP contribution in [0.3, 0.4) is 0 Å². The van der Waals surface area contributed by atoms with Crippen molar-refractivity contribution in [3.63, 3.8) is 0 Å². The number of H-pyrrole nitrogens is 1. The zero-order valence-corrected chi connectivity index (χ0v) is 15.0. The number of carbonyl (C=O) groups is 1. The molecule has 0 unspecified atom stereocenters. The van der Waals surface area contributed by atoms with Crippen molar-refractivity contribution in [2.24, 2.45) is 0 Å². The van der Waals surface area contributed by atoms with Gasteiger partial charge in [0.25, 0.3) is 0 Å². The molecular weight excluding hydrogens is 390 g/mol. The topological polar surface area (TPSA) is 67.9 Å². The van der Waals surface area contributed by atoms with Gasteiger partial charge >= 0.3 is 0 Å². The third-order valence-corrected chi connectivity index (χ3v) is 4.50. The van der Waals surface area contributed by atoms with Crippen LogP contribution in [-0.2, 0) is 6.61 Å². The lowest BCUT2D eigenvalue weighted by Gasteiger charge is -2.02. The van der Waals surface area contributed by atoms with Gasteiger partial charge in [-0.25, -0.2) is 4.98 Å². The number of benzene rings is 2. The third kappa shape index (κ3) is 4.69. The summed E-state index contributed by atoms with van der Waals surface area (Å²) in [6.07, 6.45) is 0. The normalized spacial score (nSPS) is 10.5. The summed E-state index contributed by atoms with van der Waals surface area (Å²) in [4.78, 5) is 16.4. The van der Waals surface area contributed by atoms with Gasteiger partial charge < -0.3 is 4.74 Å². The number of ketones is 1. The van der Waals surface area contributed by atoms with E-state index in [1.54, 1.807) is 12.1 Å². The Morgan fingerprint density at radius 3 is 2.62 bits per heavy atom. The molecule has 7 heteroatoms. The number of rotatable bonds is 7. The number of thioether (sulfide) groups is 1. The van der Waals surface area contributed by atoms with Crippen molar-refractivity contribution in [2.45, 2.75) is 11.8 Å². The highest BCUT2D eigenvalue weighted by Gasteiger charge is 2.10. The maximum Gasteiger partial charge on any atom is 0.208 e. The first-order valence-corrected chi connectivity index (χ1v) is 8.99. The molecule has 1 N–H and O–H groups in total. The molecule has 0 bridgehead atoms. The first kappa shape index (κ1) is 16.7. The molecule has 3 aromatic rings. The van der Waals surface area contributed by atoms with Gasteiger partial charge in [0.2, 0.25) is 5.16 Å². The monoisotopic (exact) mass is 403 g/mol. The van der Waals surface area contributed by atoms with Crippen LogP contribution in [-0.4, -0.2) is 26.7 Å². The van der Waals surface area contributed by atoms with E-state index in [1.807, 2.05) is 42.5 Å². The van der Waals surface area contributed by atoms with Crippen LogP contribution in [0.1, 0.15) is 16.2 Å². The van der Waals surface area contributed by atoms with E-state index in [4.69, 9.17) is 4.74 Å². The maximum absolute atomic E-state index is 12.1. The minimum absolute atomic E-state index is 0.0411. The summed E-state index contributed by atoms with van der Waals surface area (Å²) in [5, 5.41) is 7.45. The van der Waals surface area contributed by atoms with Crippen LogP contribution in [0.2, 0.25) is 0 Å². The number of hydrogen-bond donors (Lipinski definition) is 1. The summed E-state index contributed by atoms with van der Waals surface area (Å²) >= 11 is 4.65. The van der Waals surface area contributed by atoms with E-state index < -0.39 is 0 Å². The number of hydrogen-bond acceptors (Lipinski definition) is 5. The fraction of sp³-hybridized carbons (Fsp3) is 0.118. The minimum atomic E-state index is 0.0411. The molecular formula is C17H14BrN3O2S. The first-order chi connectivity index (χ1) is 11.7. The minimum Gasteiger partial charge on any atom is -0.486 e. The highest BCUT2D eigenvalue weighted by atomic mass is 79.9. The molecule has 0 saturated carbocycles. The Bertz CT molecular complexity index is 806. The molecule has 0 fully saturated rings. The molecule has 0 aliphatic carbocycles. The number of Topliss-reactive ketones (excluding diaryl/α,β-unsaturated/α-hetero) is 1. The molecule has 1 heterocycles. The molecule has 0 saturated heterocycles. The highest BCUT2D eigenvalue weighted by molar-refractivity contribution is 9.10. The number of halogens is 1. The van der Waals surface area contributed by atoms with Crippen molar-refractivity contribution in [3.8, 4) is 5.75 Å². The summed E-state index contributed by atoms with van der Waals surface area (Å²) in [6, 6.07) is 16.8. The largest absolute Gasteiger partial charge is 0.486 e. The van der Waals surface area contributed by atoms with Crippen LogP contribution in [0, 0.1) is 0 Å². The number of nitrogens with one attached hydrogen (secondary N) is 1. The van der Waals surface area contributed by atoms with Gasteiger partial charge in [-0.2, -0.15) is 0 Å². The number of carbonyl (C=O) groups excluding carboxylic acids is 1. The van der Waals surface area contributed by atoms with Gasteiger partial charge in [-0.3, -0.25) is 9.89 Å². The Labute approximate surface area is 152 Å². The summed E-state index contributed by atoms with van der Waals surface area (Å²) < 4.78 is 6.54. The van der Waals surface area contributed by atoms with Crippen LogP contribution in [0.4, 0.5) is 0 Å². The molecule has 0 aliphatic rings. The smallest absolute Gasteiger partial charge is 0.208 e. The fourth-order valence-electron chi connectivity index (χ4n) is 1.92. The maximum atomic E-state index is 12.1. The number of aromatic amines is 1. The van der Waals surface area contributed by atoms with E-state index in [0.29, 0.717) is 28.9 Å². The number of nitrogens with zero attached hydrogens (tertiary/aromatic N) is 2. The summed E-state index contributed by atoms with van der Waals surface area (Å²) in [5.41, 5.74) is 0.675. The Morgan fingerprint density at radius 2 is 1.88 bits per heavy atom. The zero-order chi connectivity index (χ0) is 16.8. The van der Waals surface area contributed by atoms with Crippen molar-refractivity contribution in [2.75, 3.05) is 5.75 Å². The summed E-state index contributed by atoms with van der Waals surface area (Å²) in [6.45, 7) is 0.304. The fourth-order valence-corrected chi connectivity index (χ4v) is 2.90. The molecule has 0 aliphatic heterocycles. The van der Waals surface area contributed by atoms with E-state index in [9.17, 15) is 4.79 Å². The van der Waals surface area contributed by atoms with E-state index in [-0.39, 0.29) is 5.78 Å². The van der Waals surface area contributed by atoms with Crippen LogP contribution < -0.4 is 4.74 Å². The number of para-hydroxylation sites is 1. The van der Waals surface area contributed by atoms with Gasteiger partial charge in [-0.15, -0.1) is 5.10 Å². The molecule has 0 spiro atoms. The summed E-state index contributed by atoms with van der Waals surface area (Å²) in [7, 11) is 0. The second kappa shape index (κ2) is 8.12. The SMILES string of the molecule is O=C(CSc1n[nH]c(COc2ccccc2)n1)c1ccc(Br)cc1. The predicted octanol–water partition coefficient (Wildman–Crippen LogP) is 4.12. The van der Waals surface area contributed by atoms with Crippen molar-refractivity contribution >= 4 is 33.5 Å². The van der Waals surface area contributed by atoms with Crippen molar-refractivity contribution in [3.05, 3.63) is 70.5 Å². The molecule has 1 aromatic heterocycles. The summed E-state index contributed by atoms with van der Waals surface area (Å²) in [5.74, 6) is 1.73. The van der Waals surface area contributed by atoms with Crippen LogP contribution in [0.5, 0.6) is 5.75 Å². The molecule has 0 amide bonds. The van der Waals surface area contributed by atoms with Crippen LogP contribution >= 0.6 is 27.7 Å². The lowest BCUT2D eigenvalue weighted by Crippen LogP contribution is -2.02. The van der Waals surface area contributed by atoms with Gasteiger partial charge in [0.1, 0.15) is 12.4 Å². The average Bonchev–Trinajstić information content (AvgIpc) is 3.07. The van der Waals surface area contributed by atoms with Crippen molar-refractivity contribution in [1.29, 1.82) is 0 Å². The lowest BCUT2D eigenvalue weighted by atomic mass is 10.2. The second-order valence-electron chi connectivity index (χ2n) is 4.89. The van der Waals surface area contributed by atoms with E-state index in [0.717, 1.165) is 10.2 Å². The van der Waals surface area contributed by atoms with Crippen molar-refractivity contribution < 1.29 is 9.53 Å². The van der Waals surface area contributed by atoms with Gasteiger partial charge in [-0.05, 0) is 24.3 Å². The standard InChI is InChI=1S/C17H14BrN3O2S/c18-13-8-6-12(7-9-13)15(22)11-24-17-19-16(20-21-17)10-23-14-4-2-1-3-5-14/h1-9H,10-11H2,(H,19,20,21). The van der Waals surface area contributed by atoms with Crippen LogP contribution in [0.15, 0.2) is 64.2 Å². The van der Waals surface area contributed by atoms with E-state index >= 15 is 0 Å². The molecule has 0 atom stereocenters. The van der Waals surface area contributed by atoms with Crippen LogP contribution in [0.25, 0.3) is 0 Å². The molecule has 24 heavy (non-hydrogen) atoms. The Balaban J connectivity index is 1.50. The molecule has 5 nitrogen and oxygen atoms in total. The molecule has 3 rings (SSSR count). The Hall–Kier alpha value is -2.12. The molecule has 0 radical (unpaired) electrons. The predicted molar refractivity (Wildman–Crippen MR) is 96.4 cm³/mol.